The average molecular weight is 245 g/mol. The van der Waals surface area contributed by atoms with E-state index in [1.54, 1.807) is 6.07 Å². The highest BCUT2D eigenvalue weighted by Crippen LogP contribution is 2.29. The van der Waals surface area contributed by atoms with Gasteiger partial charge in [-0.05, 0) is 31.9 Å². The van der Waals surface area contributed by atoms with Gasteiger partial charge in [0.25, 0.3) is 0 Å². The average Bonchev–Trinajstić information content (AvgIpc) is 2.26. The van der Waals surface area contributed by atoms with Gasteiger partial charge in [-0.3, -0.25) is 0 Å². The van der Waals surface area contributed by atoms with Crippen LogP contribution < -0.4 is 5.32 Å². The van der Waals surface area contributed by atoms with Crippen LogP contribution in [0.15, 0.2) is 24.3 Å². The first-order chi connectivity index (χ1) is 7.74. The standard InChI is InChI=1S/C13H18F3N/c1-4-12(2,3)17-9-10-6-5-7-11(8-10)13(14,15)16/h5-8,17H,4,9H2,1-3H3. The third-order valence-electron chi connectivity index (χ3n) is 2.91. The highest BCUT2D eigenvalue weighted by Gasteiger charge is 2.30. The van der Waals surface area contributed by atoms with Crippen LogP contribution in [0.2, 0.25) is 0 Å². The molecule has 0 atom stereocenters. The van der Waals surface area contributed by atoms with Crippen molar-refractivity contribution in [3.05, 3.63) is 35.4 Å². The zero-order chi connectivity index (χ0) is 13.1. The summed E-state index contributed by atoms with van der Waals surface area (Å²) >= 11 is 0. The third kappa shape index (κ3) is 4.38. The van der Waals surface area contributed by atoms with E-state index in [1.807, 2.05) is 20.8 Å². The predicted octanol–water partition coefficient (Wildman–Crippen LogP) is 3.98. The van der Waals surface area contributed by atoms with Crippen LogP contribution in [0, 0.1) is 0 Å². The predicted molar refractivity (Wildman–Crippen MR) is 62.7 cm³/mol. The highest BCUT2D eigenvalue weighted by atomic mass is 19.4. The Morgan fingerprint density at radius 1 is 1.18 bits per heavy atom. The number of hydrogen-bond acceptors (Lipinski definition) is 1. The Bertz CT molecular complexity index is 369. The van der Waals surface area contributed by atoms with Crippen molar-refractivity contribution in [1.82, 2.24) is 5.32 Å². The molecule has 4 heteroatoms. The molecular weight excluding hydrogens is 227 g/mol. The van der Waals surface area contributed by atoms with E-state index in [4.69, 9.17) is 0 Å². The van der Waals surface area contributed by atoms with Gasteiger partial charge in [0, 0.05) is 12.1 Å². The lowest BCUT2D eigenvalue weighted by atomic mass is 10.0. The van der Waals surface area contributed by atoms with Crippen molar-refractivity contribution in [3.63, 3.8) is 0 Å². The van der Waals surface area contributed by atoms with Crippen LogP contribution in [0.4, 0.5) is 13.2 Å². The molecule has 0 fully saturated rings. The summed E-state index contributed by atoms with van der Waals surface area (Å²) in [7, 11) is 0. The lowest BCUT2D eigenvalue weighted by Crippen LogP contribution is -2.37. The van der Waals surface area contributed by atoms with E-state index in [9.17, 15) is 13.2 Å². The molecule has 0 bridgehead atoms. The summed E-state index contributed by atoms with van der Waals surface area (Å²) in [6.07, 6.45) is -3.34. The van der Waals surface area contributed by atoms with Crippen LogP contribution in [0.25, 0.3) is 0 Å². The lowest BCUT2D eigenvalue weighted by molar-refractivity contribution is -0.137. The van der Waals surface area contributed by atoms with Gasteiger partial charge in [0.2, 0.25) is 0 Å². The molecule has 0 saturated carbocycles. The van der Waals surface area contributed by atoms with Crippen LogP contribution in [-0.4, -0.2) is 5.54 Å². The van der Waals surface area contributed by atoms with E-state index in [-0.39, 0.29) is 5.54 Å². The van der Waals surface area contributed by atoms with Gasteiger partial charge in [-0.1, -0.05) is 25.1 Å². The molecule has 0 spiro atoms. The van der Waals surface area contributed by atoms with Crippen molar-refractivity contribution in [2.45, 2.75) is 45.5 Å². The van der Waals surface area contributed by atoms with Gasteiger partial charge in [0.15, 0.2) is 0 Å². The minimum absolute atomic E-state index is 0.0613. The molecule has 0 aliphatic rings. The summed E-state index contributed by atoms with van der Waals surface area (Å²) in [5.41, 5.74) is 0.00119. The number of rotatable bonds is 4. The maximum atomic E-state index is 12.5. The van der Waals surface area contributed by atoms with Gasteiger partial charge >= 0.3 is 6.18 Å². The van der Waals surface area contributed by atoms with Gasteiger partial charge in [-0.25, -0.2) is 0 Å². The second-order valence-corrected chi connectivity index (χ2v) is 4.79. The smallest absolute Gasteiger partial charge is 0.308 e. The molecule has 1 N–H and O–H groups in total. The second-order valence-electron chi connectivity index (χ2n) is 4.79. The Hall–Kier alpha value is -1.03. The van der Waals surface area contributed by atoms with Crippen molar-refractivity contribution >= 4 is 0 Å². The zero-order valence-corrected chi connectivity index (χ0v) is 10.4. The molecule has 1 rings (SSSR count). The summed E-state index contributed by atoms with van der Waals surface area (Å²) < 4.78 is 37.5. The normalized spacial score (nSPS) is 12.8. The van der Waals surface area contributed by atoms with Gasteiger partial charge < -0.3 is 5.32 Å². The Balaban J connectivity index is 2.74. The summed E-state index contributed by atoms with van der Waals surface area (Å²) in [5.74, 6) is 0. The molecule has 17 heavy (non-hydrogen) atoms. The van der Waals surface area contributed by atoms with Crippen molar-refractivity contribution in [2.75, 3.05) is 0 Å². The van der Waals surface area contributed by atoms with Crippen LogP contribution >= 0.6 is 0 Å². The van der Waals surface area contributed by atoms with E-state index < -0.39 is 11.7 Å². The fraction of sp³-hybridized carbons (Fsp3) is 0.538. The molecule has 0 saturated heterocycles. The Kier molecular flexibility index (Phi) is 4.20. The molecule has 1 aromatic carbocycles. The maximum Gasteiger partial charge on any atom is 0.416 e. The lowest BCUT2D eigenvalue weighted by Gasteiger charge is -2.24. The van der Waals surface area contributed by atoms with Crippen molar-refractivity contribution in [2.24, 2.45) is 0 Å². The minimum Gasteiger partial charge on any atom is -0.308 e. The molecule has 96 valence electrons. The Morgan fingerprint density at radius 3 is 2.35 bits per heavy atom. The van der Waals surface area contributed by atoms with Crippen molar-refractivity contribution < 1.29 is 13.2 Å². The maximum absolute atomic E-state index is 12.5. The Morgan fingerprint density at radius 2 is 1.82 bits per heavy atom. The molecule has 1 nitrogen and oxygen atoms in total. The van der Waals surface area contributed by atoms with Crippen molar-refractivity contribution in [1.29, 1.82) is 0 Å². The van der Waals surface area contributed by atoms with Gasteiger partial charge in [0.05, 0.1) is 5.56 Å². The molecule has 0 unspecified atom stereocenters. The first-order valence-electron chi connectivity index (χ1n) is 5.66. The monoisotopic (exact) mass is 245 g/mol. The third-order valence-corrected chi connectivity index (χ3v) is 2.91. The van der Waals surface area contributed by atoms with Gasteiger partial charge in [-0.2, -0.15) is 13.2 Å². The highest BCUT2D eigenvalue weighted by molar-refractivity contribution is 5.25. The van der Waals surface area contributed by atoms with Gasteiger partial charge in [-0.15, -0.1) is 0 Å². The van der Waals surface area contributed by atoms with Gasteiger partial charge in [0.1, 0.15) is 0 Å². The largest absolute Gasteiger partial charge is 0.416 e. The fourth-order valence-electron chi connectivity index (χ4n) is 1.32. The number of alkyl halides is 3. The molecule has 0 radical (unpaired) electrons. The van der Waals surface area contributed by atoms with E-state index in [1.165, 1.54) is 12.1 Å². The Labute approximate surface area is 100 Å². The quantitative estimate of drug-likeness (QED) is 0.846. The molecular formula is C13H18F3N. The molecule has 0 heterocycles. The van der Waals surface area contributed by atoms with Crippen LogP contribution in [0.3, 0.4) is 0 Å². The van der Waals surface area contributed by atoms with E-state index in [0.717, 1.165) is 12.5 Å². The molecule has 1 aromatic rings. The minimum atomic E-state index is -4.27. The number of hydrogen-bond donors (Lipinski definition) is 1. The first kappa shape index (κ1) is 14.0. The number of benzene rings is 1. The number of halogens is 3. The summed E-state index contributed by atoms with van der Waals surface area (Å²) in [4.78, 5) is 0. The van der Waals surface area contributed by atoms with Crippen LogP contribution in [0.1, 0.15) is 38.3 Å². The van der Waals surface area contributed by atoms with Crippen LogP contribution in [-0.2, 0) is 12.7 Å². The SMILES string of the molecule is CCC(C)(C)NCc1cccc(C(F)(F)F)c1. The number of nitrogens with one attached hydrogen (secondary N) is 1. The van der Waals surface area contributed by atoms with E-state index >= 15 is 0 Å². The fourth-order valence-corrected chi connectivity index (χ4v) is 1.32. The van der Waals surface area contributed by atoms with Crippen LogP contribution in [0.5, 0.6) is 0 Å². The van der Waals surface area contributed by atoms with Crippen molar-refractivity contribution in [3.8, 4) is 0 Å². The van der Waals surface area contributed by atoms with E-state index in [0.29, 0.717) is 12.1 Å². The molecule has 0 aliphatic carbocycles. The second kappa shape index (κ2) is 5.08. The molecule has 0 aliphatic heterocycles. The summed E-state index contributed by atoms with van der Waals surface area (Å²) in [6, 6.07) is 5.43. The summed E-state index contributed by atoms with van der Waals surface area (Å²) in [6.45, 7) is 6.55. The summed E-state index contributed by atoms with van der Waals surface area (Å²) in [5, 5.41) is 3.24. The topological polar surface area (TPSA) is 12.0 Å². The first-order valence-corrected chi connectivity index (χ1v) is 5.66. The van der Waals surface area contributed by atoms with E-state index in [2.05, 4.69) is 5.32 Å². The molecule has 0 amide bonds. The molecule has 0 aromatic heterocycles. The zero-order valence-electron chi connectivity index (χ0n) is 10.4.